The highest BCUT2D eigenvalue weighted by Gasteiger charge is 2.10. The molecule has 1 unspecified atom stereocenters. The molecule has 0 spiro atoms. The fourth-order valence-corrected chi connectivity index (χ4v) is 2.39. The summed E-state index contributed by atoms with van der Waals surface area (Å²) in [5.74, 6) is 0.557. The zero-order valence-electron chi connectivity index (χ0n) is 8.79. The average Bonchev–Trinajstić information content (AvgIpc) is 2.44. The van der Waals surface area contributed by atoms with Crippen LogP contribution in [0.1, 0.15) is 35.8 Å². The van der Waals surface area contributed by atoms with Crippen LogP contribution in [0.5, 0.6) is 0 Å². The van der Waals surface area contributed by atoms with Crippen molar-refractivity contribution >= 4 is 17.6 Å². The molecule has 13 heavy (non-hydrogen) atoms. The van der Waals surface area contributed by atoms with Gasteiger partial charge in [-0.25, -0.2) is 0 Å². The molecule has 0 saturated heterocycles. The molecular formula is C11H17NS. The lowest BCUT2D eigenvalue weighted by Crippen LogP contribution is -1.98. The molecule has 0 amide bonds. The van der Waals surface area contributed by atoms with Crippen LogP contribution >= 0.6 is 11.3 Å². The van der Waals surface area contributed by atoms with Crippen molar-refractivity contribution < 1.29 is 0 Å². The highest BCUT2D eigenvalue weighted by atomic mass is 32.1. The van der Waals surface area contributed by atoms with E-state index in [1.165, 1.54) is 16.0 Å². The molecule has 0 N–H and O–H groups in total. The summed E-state index contributed by atoms with van der Waals surface area (Å²) in [6.45, 7) is 9.50. The van der Waals surface area contributed by atoms with Gasteiger partial charge in [0.2, 0.25) is 0 Å². The number of hydrogen-bond acceptors (Lipinski definition) is 2. The third-order valence-electron chi connectivity index (χ3n) is 2.42. The van der Waals surface area contributed by atoms with Gasteiger partial charge in [0.25, 0.3) is 0 Å². The van der Waals surface area contributed by atoms with Crippen LogP contribution in [0.2, 0.25) is 0 Å². The van der Waals surface area contributed by atoms with Gasteiger partial charge in [0, 0.05) is 17.3 Å². The summed E-state index contributed by atoms with van der Waals surface area (Å²) < 4.78 is 0. The summed E-state index contributed by atoms with van der Waals surface area (Å²) in [5, 5.41) is 2.26. The minimum Gasteiger partial charge on any atom is -0.297 e. The molecule has 0 radical (unpaired) electrons. The third kappa shape index (κ3) is 2.41. The Morgan fingerprint density at radius 2 is 2.23 bits per heavy atom. The summed E-state index contributed by atoms with van der Waals surface area (Å²) in [7, 11) is 0. The van der Waals surface area contributed by atoms with Crippen molar-refractivity contribution in [2.24, 2.45) is 4.99 Å². The van der Waals surface area contributed by atoms with Gasteiger partial charge in [0.15, 0.2) is 0 Å². The topological polar surface area (TPSA) is 12.4 Å². The van der Waals surface area contributed by atoms with Crippen molar-refractivity contribution in [1.82, 2.24) is 0 Å². The molecule has 72 valence electrons. The van der Waals surface area contributed by atoms with E-state index in [2.05, 4.69) is 31.1 Å². The van der Waals surface area contributed by atoms with Crippen LogP contribution in [0.4, 0.5) is 0 Å². The van der Waals surface area contributed by atoms with Crippen LogP contribution in [0.25, 0.3) is 0 Å². The van der Waals surface area contributed by atoms with Gasteiger partial charge in [0.1, 0.15) is 0 Å². The summed E-state index contributed by atoms with van der Waals surface area (Å²) in [6, 6.07) is 0. The van der Waals surface area contributed by atoms with Crippen molar-refractivity contribution in [2.75, 3.05) is 6.54 Å². The first kappa shape index (κ1) is 10.5. The van der Waals surface area contributed by atoms with E-state index in [0.717, 1.165) is 6.54 Å². The Morgan fingerprint density at radius 3 is 2.69 bits per heavy atom. The first-order valence-electron chi connectivity index (χ1n) is 4.65. The molecule has 0 aliphatic heterocycles. The van der Waals surface area contributed by atoms with Gasteiger partial charge in [-0.3, -0.25) is 4.99 Å². The van der Waals surface area contributed by atoms with E-state index >= 15 is 0 Å². The predicted octanol–water partition coefficient (Wildman–Crippen LogP) is 3.56. The van der Waals surface area contributed by atoms with Gasteiger partial charge in [0.05, 0.1) is 0 Å². The molecule has 0 aliphatic carbocycles. The fraction of sp³-hybridized carbons (Fsp3) is 0.545. The Kier molecular flexibility index (Phi) is 3.67. The smallest absolute Gasteiger partial charge is 0.0451 e. The van der Waals surface area contributed by atoms with Crippen molar-refractivity contribution in [1.29, 1.82) is 0 Å². The third-order valence-corrected chi connectivity index (χ3v) is 3.45. The van der Waals surface area contributed by atoms with E-state index in [0.29, 0.717) is 5.92 Å². The number of thiophene rings is 1. The largest absolute Gasteiger partial charge is 0.297 e. The Labute approximate surface area is 84.5 Å². The van der Waals surface area contributed by atoms with E-state index in [1.807, 2.05) is 24.5 Å². The maximum atomic E-state index is 4.28. The van der Waals surface area contributed by atoms with Crippen LogP contribution in [-0.2, 0) is 0 Å². The molecule has 0 saturated carbocycles. The van der Waals surface area contributed by atoms with E-state index in [4.69, 9.17) is 0 Å². The van der Waals surface area contributed by atoms with Gasteiger partial charge < -0.3 is 0 Å². The van der Waals surface area contributed by atoms with E-state index in [1.54, 1.807) is 0 Å². The first-order chi connectivity index (χ1) is 6.16. The monoisotopic (exact) mass is 195 g/mol. The normalized spacial score (nSPS) is 13.8. The van der Waals surface area contributed by atoms with E-state index < -0.39 is 0 Å². The molecule has 1 heterocycles. The maximum Gasteiger partial charge on any atom is 0.0451 e. The van der Waals surface area contributed by atoms with Crippen LogP contribution in [-0.4, -0.2) is 12.8 Å². The minimum atomic E-state index is 0.557. The quantitative estimate of drug-likeness (QED) is 0.654. The zero-order chi connectivity index (χ0) is 9.84. The van der Waals surface area contributed by atoms with Crippen LogP contribution in [0, 0.1) is 13.8 Å². The number of hydrogen-bond donors (Lipinski definition) is 0. The van der Waals surface area contributed by atoms with Gasteiger partial charge in [-0.15, -0.1) is 11.3 Å². The zero-order valence-corrected chi connectivity index (χ0v) is 9.61. The molecule has 0 bridgehead atoms. The second-order valence-electron chi connectivity index (χ2n) is 3.40. The minimum absolute atomic E-state index is 0.557. The molecule has 0 aromatic carbocycles. The van der Waals surface area contributed by atoms with Gasteiger partial charge in [-0.2, -0.15) is 0 Å². The van der Waals surface area contributed by atoms with E-state index in [9.17, 15) is 0 Å². The van der Waals surface area contributed by atoms with E-state index in [-0.39, 0.29) is 0 Å². The number of rotatable bonds is 3. The number of aryl methyl sites for hydroxylation is 1. The highest BCUT2D eigenvalue weighted by molar-refractivity contribution is 7.10. The van der Waals surface area contributed by atoms with Gasteiger partial charge in [-0.1, -0.05) is 6.92 Å². The first-order valence-corrected chi connectivity index (χ1v) is 5.53. The Balaban J connectivity index is 2.76. The van der Waals surface area contributed by atoms with Crippen molar-refractivity contribution in [2.45, 2.75) is 33.6 Å². The lowest BCUT2D eigenvalue weighted by molar-refractivity contribution is 0.774. The predicted molar refractivity (Wildman–Crippen MR) is 61.2 cm³/mol. The van der Waals surface area contributed by atoms with Gasteiger partial charge in [-0.05, 0) is 43.5 Å². The summed E-state index contributed by atoms with van der Waals surface area (Å²) >= 11 is 1.84. The van der Waals surface area contributed by atoms with Crippen molar-refractivity contribution in [3.63, 3.8) is 0 Å². The van der Waals surface area contributed by atoms with Crippen LogP contribution < -0.4 is 0 Å². The summed E-state index contributed by atoms with van der Waals surface area (Å²) in [5.41, 5.74) is 2.91. The average molecular weight is 195 g/mol. The molecule has 1 aromatic rings. The molecule has 1 nitrogen and oxygen atoms in total. The molecular weight excluding hydrogens is 178 g/mol. The molecule has 0 fully saturated rings. The second-order valence-corrected chi connectivity index (χ2v) is 4.48. The molecule has 0 aliphatic rings. The SMILES string of the molecule is CC=NCC(C)c1csc(C)c1C. The second kappa shape index (κ2) is 4.56. The van der Waals surface area contributed by atoms with Crippen molar-refractivity contribution in [3.05, 3.63) is 21.4 Å². The molecule has 1 rings (SSSR count). The fourth-order valence-electron chi connectivity index (χ4n) is 1.38. The Morgan fingerprint density at radius 1 is 1.54 bits per heavy atom. The Bertz CT molecular complexity index is 299. The molecule has 2 heteroatoms. The highest BCUT2D eigenvalue weighted by Crippen LogP contribution is 2.27. The number of nitrogens with zero attached hydrogens (tertiary/aromatic N) is 1. The Hall–Kier alpha value is -0.630. The maximum absolute atomic E-state index is 4.28. The lowest BCUT2D eigenvalue weighted by atomic mass is 10.00. The van der Waals surface area contributed by atoms with Crippen LogP contribution in [0.15, 0.2) is 10.4 Å². The van der Waals surface area contributed by atoms with Crippen molar-refractivity contribution in [3.8, 4) is 0 Å². The number of aliphatic imine (C=N–C) groups is 1. The summed E-state index contributed by atoms with van der Waals surface area (Å²) in [6.07, 6.45) is 1.88. The summed E-state index contributed by atoms with van der Waals surface area (Å²) in [4.78, 5) is 5.71. The molecule has 1 atom stereocenters. The standard InChI is InChI=1S/C11H17NS/c1-5-12-6-8(2)11-7-13-10(4)9(11)3/h5,7-8H,6H2,1-4H3. The van der Waals surface area contributed by atoms with Gasteiger partial charge >= 0.3 is 0 Å². The lowest BCUT2D eigenvalue weighted by Gasteiger charge is -2.07. The molecule has 1 aromatic heterocycles. The van der Waals surface area contributed by atoms with Crippen LogP contribution in [0.3, 0.4) is 0 Å².